The molecule has 0 spiro atoms. The Labute approximate surface area is 146 Å². The van der Waals surface area contributed by atoms with Crippen LogP contribution in [0.5, 0.6) is 0 Å². The molecule has 0 aliphatic heterocycles. The fourth-order valence-corrected chi connectivity index (χ4v) is 3.11. The Morgan fingerprint density at radius 1 is 1.09 bits per heavy atom. The molecule has 0 amide bonds. The Balaban J connectivity index is 1.88. The van der Waals surface area contributed by atoms with Gasteiger partial charge in [-0.05, 0) is 41.9 Å². The standard InChI is InChI=1S/C15H15BrN6S/c1-8-9(2)23-15(20-8)22-14-12(17)13(18-7-19-14)21-11-6-4-3-5-10(11)16/h3-7H,17H2,1-2H3,(H2,18,19,20,21,22). The maximum Gasteiger partial charge on any atom is 0.188 e. The van der Waals surface area contributed by atoms with Crippen LogP contribution in [0.15, 0.2) is 35.1 Å². The number of aromatic nitrogens is 3. The first-order valence-corrected chi connectivity index (χ1v) is 8.48. The zero-order valence-corrected chi connectivity index (χ0v) is 15.0. The van der Waals surface area contributed by atoms with Crippen LogP contribution in [0.1, 0.15) is 10.6 Å². The van der Waals surface area contributed by atoms with E-state index in [1.807, 2.05) is 38.1 Å². The van der Waals surface area contributed by atoms with Crippen molar-refractivity contribution < 1.29 is 0 Å². The van der Waals surface area contributed by atoms with E-state index in [0.717, 1.165) is 25.9 Å². The van der Waals surface area contributed by atoms with Crippen LogP contribution in [0, 0.1) is 13.8 Å². The number of anilines is 5. The van der Waals surface area contributed by atoms with E-state index in [0.29, 0.717) is 17.3 Å². The number of rotatable bonds is 4. The van der Waals surface area contributed by atoms with Crippen molar-refractivity contribution in [1.82, 2.24) is 15.0 Å². The molecule has 3 aromatic rings. The van der Waals surface area contributed by atoms with Gasteiger partial charge >= 0.3 is 0 Å². The number of nitrogens with two attached hydrogens (primary N) is 1. The molecule has 6 nitrogen and oxygen atoms in total. The summed E-state index contributed by atoms with van der Waals surface area (Å²) in [7, 11) is 0. The molecule has 8 heteroatoms. The summed E-state index contributed by atoms with van der Waals surface area (Å²) in [5, 5.41) is 7.12. The van der Waals surface area contributed by atoms with Gasteiger partial charge in [-0.2, -0.15) is 0 Å². The SMILES string of the molecule is Cc1nc(Nc2ncnc(Nc3ccccc3Br)c2N)sc1C. The van der Waals surface area contributed by atoms with Crippen molar-refractivity contribution in [2.45, 2.75) is 13.8 Å². The summed E-state index contributed by atoms with van der Waals surface area (Å²) in [4.78, 5) is 14.0. The quantitative estimate of drug-likeness (QED) is 0.612. The summed E-state index contributed by atoms with van der Waals surface area (Å²) in [6, 6.07) is 7.76. The average molecular weight is 391 g/mol. The number of thiazole rings is 1. The van der Waals surface area contributed by atoms with Crippen LogP contribution >= 0.6 is 27.3 Å². The first-order chi connectivity index (χ1) is 11.0. The Hall–Kier alpha value is -2.19. The van der Waals surface area contributed by atoms with Gasteiger partial charge in [0.15, 0.2) is 16.8 Å². The van der Waals surface area contributed by atoms with Crippen LogP contribution in [-0.4, -0.2) is 15.0 Å². The summed E-state index contributed by atoms with van der Waals surface area (Å²) in [5.74, 6) is 1.07. The van der Waals surface area contributed by atoms with Crippen molar-refractivity contribution in [3.8, 4) is 0 Å². The van der Waals surface area contributed by atoms with Gasteiger partial charge in [0.2, 0.25) is 0 Å². The van der Waals surface area contributed by atoms with E-state index < -0.39 is 0 Å². The summed E-state index contributed by atoms with van der Waals surface area (Å²) >= 11 is 5.05. The molecule has 1 aromatic carbocycles. The molecule has 0 bridgehead atoms. The van der Waals surface area contributed by atoms with E-state index in [4.69, 9.17) is 5.73 Å². The molecule has 0 aliphatic rings. The lowest BCUT2D eigenvalue weighted by atomic mass is 10.3. The highest BCUT2D eigenvalue weighted by Crippen LogP contribution is 2.32. The van der Waals surface area contributed by atoms with Gasteiger partial charge in [0.1, 0.15) is 12.0 Å². The molecule has 0 unspecified atom stereocenters. The highest BCUT2D eigenvalue weighted by molar-refractivity contribution is 9.10. The maximum absolute atomic E-state index is 6.19. The normalized spacial score (nSPS) is 10.6. The van der Waals surface area contributed by atoms with Crippen molar-refractivity contribution in [2.75, 3.05) is 16.4 Å². The van der Waals surface area contributed by atoms with Gasteiger partial charge in [0, 0.05) is 9.35 Å². The van der Waals surface area contributed by atoms with Gasteiger partial charge in [-0.15, -0.1) is 11.3 Å². The van der Waals surface area contributed by atoms with E-state index >= 15 is 0 Å². The third-order valence-electron chi connectivity index (χ3n) is 3.26. The van der Waals surface area contributed by atoms with Gasteiger partial charge < -0.3 is 16.4 Å². The number of nitrogen functional groups attached to an aromatic ring is 1. The molecule has 23 heavy (non-hydrogen) atoms. The summed E-state index contributed by atoms with van der Waals surface area (Å²) in [5.41, 5.74) is 8.50. The second-order valence-electron chi connectivity index (χ2n) is 4.88. The van der Waals surface area contributed by atoms with Crippen molar-refractivity contribution in [1.29, 1.82) is 0 Å². The van der Waals surface area contributed by atoms with E-state index in [1.165, 1.54) is 6.33 Å². The van der Waals surface area contributed by atoms with Gasteiger partial charge in [-0.1, -0.05) is 12.1 Å². The molecule has 4 N–H and O–H groups in total. The van der Waals surface area contributed by atoms with Crippen LogP contribution in [0.25, 0.3) is 0 Å². The Bertz CT molecular complexity index is 828. The lowest BCUT2D eigenvalue weighted by Gasteiger charge is -2.12. The monoisotopic (exact) mass is 390 g/mol. The maximum atomic E-state index is 6.19. The van der Waals surface area contributed by atoms with Crippen molar-refractivity contribution in [2.24, 2.45) is 0 Å². The summed E-state index contributed by atoms with van der Waals surface area (Å²) in [6.07, 6.45) is 1.46. The number of nitrogens with one attached hydrogen (secondary N) is 2. The third-order valence-corrected chi connectivity index (χ3v) is 4.94. The minimum atomic E-state index is 0.439. The second kappa shape index (κ2) is 6.51. The van der Waals surface area contributed by atoms with Crippen LogP contribution in [-0.2, 0) is 0 Å². The fraction of sp³-hybridized carbons (Fsp3) is 0.133. The van der Waals surface area contributed by atoms with Gasteiger partial charge in [0.05, 0.1) is 11.4 Å². The molecule has 0 saturated heterocycles. The molecule has 2 aromatic heterocycles. The fourth-order valence-electron chi connectivity index (χ4n) is 1.91. The van der Waals surface area contributed by atoms with Gasteiger partial charge in [-0.3, -0.25) is 0 Å². The Morgan fingerprint density at radius 2 is 1.78 bits per heavy atom. The van der Waals surface area contributed by atoms with Crippen molar-refractivity contribution in [3.05, 3.63) is 45.6 Å². The summed E-state index contributed by atoms with van der Waals surface area (Å²) < 4.78 is 0.929. The topological polar surface area (TPSA) is 88.8 Å². The second-order valence-corrected chi connectivity index (χ2v) is 6.93. The summed E-state index contributed by atoms with van der Waals surface area (Å²) in [6.45, 7) is 4.00. The minimum absolute atomic E-state index is 0.439. The minimum Gasteiger partial charge on any atom is -0.393 e. The third kappa shape index (κ3) is 3.43. The number of benzene rings is 1. The van der Waals surface area contributed by atoms with Crippen LogP contribution < -0.4 is 16.4 Å². The number of nitrogens with zero attached hydrogens (tertiary/aromatic N) is 3. The molecule has 0 fully saturated rings. The number of hydrogen-bond acceptors (Lipinski definition) is 7. The highest BCUT2D eigenvalue weighted by atomic mass is 79.9. The van der Waals surface area contributed by atoms with Crippen molar-refractivity contribution >= 4 is 55.4 Å². The molecule has 2 heterocycles. The van der Waals surface area contributed by atoms with E-state index in [2.05, 4.69) is 41.5 Å². The zero-order valence-electron chi connectivity index (χ0n) is 12.6. The van der Waals surface area contributed by atoms with E-state index in [1.54, 1.807) is 11.3 Å². The molecular formula is C15H15BrN6S. The molecule has 3 rings (SSSR count). The van der Waals surface area contributed by atoms with Crippen molar-refractivity contribution in [3.63, 3.8) is 0 Å². The number of hydrogen-bond donors (Lipinski definition) is 3. The predicted octanol–water partition coefficient (Wildman–Crippen LogP) is 4.38. The predicted molar refractivity (Wildman–Crippen MR) is 98.7 cm³/mol. The first-order valence-electron chi connectivity index (χ1n) is 6.87. The number of para-hydroxylation sites is 1. The Morgan fingerprint density at radius 3 is 2.43 bits per heavy atom. The van der Waals surface area contributed by atoms with E-state index in [-0.39, 0.29) is 0 Å². The molecule has 118 valence electrons. The molecule has 0 radical (unpaired) electrons. The first kappa shape index (κ1) is 15.7. The lowest BCUT2D eigenvalue weighted by Crippen LogP contribution is -2.05. The van der Waals surface area contributed by atoms with Gasteiger partial charge in [0.25, 0.3) is 0 Å². The number of aryl methyl sites for hydroxylation is 2. The molecular weight excluding hydrogens is 376 g/mol. The largest absolute Gasteiger partial charge is 0.393 e. The average Bonchev–Trinajstić information content (AvgIpc) is 2.84. The molecule has 0 atom stereocenters. The molecule has 0 saturated carbocycles. The smallest absolute Gasteiger partial charge is 0.188 e. The number of halogens is 1. The van der Waals surface area contributed by atoms with E-state index in [9.17, 15) is 0 Å². The molecule has 0 aliphatic carbocycles. The lowest BCUT2D eigenvalue weighted by molar-refractivity contribution is 1.16. The van der Waals surface area contributed by atoms with Crippen LogP contribution in [0.2, 0.25) is 0 Å². The Kier molecular flexibility index (Phi) is 4.44. The highest BCUT2D eigenvalue weighted by Gasteiger charge is 2.12. The van der Waals surface area contributed by atoms with Gasteiger partial charge in [-0.25, -0.2) is 15.0 Å². The van der Waals surface area contributed by atoms with Crippen LogP contribution in [0.4, 0.5) is 28.1 Å². The van der Waals surface area contributed by atoms with Crippen LogP contribution in [0.3, 0.4) is 0 Å². The zero-order chi connectivity index (χ0) is 16.4.